The van der Waals surface area contributed by atoms with E-state index in [9.17, 15) is 0 Å². The minimum Gasteiger partial charge on any atom is -0.424 e. The highest BCUT2D eigenvalue weighted by Gasteiger charge is 1.73. The first-order valence-electron chi connectivity index (χ1n) is 4.41. The van der Waals surface area contributed by atoms with Crippen molar-refractivity contribution in [1.82, 2.24) is 0 Å². The van der Waals surface area contributed by atoms with E-state index in [1.165, 1.54) is 19.3 Å². The molecule has 0 spiro atoms. The standard InChI is InChI=1S/C4H12OSi.C4H10/c1-3-4-5-6-2;1-3-4-2/h3-4,6H2,1-2H3;3-4H2,1-2H3. The average molecular weight is 162 g/mol. The van der Waals surface area contributed by atoms with Gasteiger partial charge in [-0.25, -0.2) is 0 Å². The van der Waals surface area contributed by atoms with E-state index in [-0.39, 0.29) is 9.76 Å². The normalized spacial score (nSPS) is 9.60. The first kappa shape index (κ1) is 12.8. The fourth-order valence-electron chi connectivity index (χ4n) is 0.289. The van der Waals surface area contributed by atoms with Crippen LogP contribution in [0, 0.1) is 0 Å². The summed E-state index contributed by atoms with van der Waals surface area (Å²) in [5, 5.41) is 0. The Morgan fingerprint density at radius 2 is 1.50 bits per heavy atom. The number of unbranched alkanes of at least 4 members (excludes halogenated alkanes) is 1. The van der Waals surface area contributed by atoms with Crippen molar-refractivity contribution >= 4 is 9.76 Å². The maximum Gasteiger partial charge on any atom is 0.158 e. The van der Waals surface area contributed by atoms with Gasteiger partial charge >= 0.3 is 0 Å². The minimum atomic E-state index is -0.0970. The Hall–Kier alpha value is 0.177. The van der Waals surface area contributed by atoms with Crippen molar-refractivity contribution in [2.24, 2.45) is 0 Å². The van der Waals surface area contributed by atoms with Gasteiger partial charge in [-0.15, -0.1) is 0 Å². The van der Waals surface area contributed by atoms with Gasteiger partial charge in [0.15, 0.2) is 9.76 Å². The van der Waals surface area contributed by atoms with Crippen LogP contribution in [0.1, 0.15) is 40.0 Å². The summed E-state index contributed by atoms with van der Waals surface area (Å²) in [6, 6.07) is 0. The van der Waals surface area contributed by atoms with E-state index in [0.717, 1.165) is 6.61 Å². The van der Waals surface area contributed by atoms with Gasteiger partial charge in [-0.3, -0.25) is 0 Å². The molecule has 0 heterocycles. The monoisotopic (exact) mass is 162 g/mol. The molecule has 0 N–H and O–H groups in total. The van der Waals surface area contributed by atoms with E-state index < -0.39 is 0 Å². The van der Waals surface area contributed by atoms with E-state index >= 15 is 0 Å². The van der Waals surface area contributed by atoms with Crippen molar-refractivity contribution in [3.63, 3.8) is 0 Å². The Bertz CT molecular complexity index is 34.2. The van der Waals surface area contributed by atoms with Crippen LogP contribution < -0.4 is 0 Å². The van der Waals surface area contributed by atoms with Crippen LogP contribution in [0.25, 0.3) is 0 Å². The molecular weight excluding hydrogens is 140 g/mol. The highest BCUT2D eigenvalue weighted by Crippen LogP contribution is 1.76. The highest BCUT2D eigenvalue weighted by atomic mass is 28.2. The molecule has 0 fully saturated rings. The van der Waals surface area contributed by atoms with Crippen molar-refractivity contribution in [3.05, 3.63) is 0 Å². The zero-order valence-corrected chi connectivity index (χ0v) is 9.36. The van der Waals surface area contributed by atoms with E-state index in [4.69, 9.17) is 4.43 Å². The van der Waals surface area contributed by atoms with Crippen LogP contribution in [-0.4, -0.2) is 16.4 Å². The third-order valence-electron chi connectivity index (χ3n) is 1.05. The first-order chi connectivity index (χ1) is 4.83. The van der Waals surface area contributed by atoms with Gasteiger partial charge < -0.3 is 4.43 Å². The van der Waals surface area contributed by atoms with Crippen LogP contribution >= 0.6 is 0 Å². The number of hydrogen-bond donors (Lipinski definition) is 0. The topological polar surface area (TPSA) is 9.23 Å². The highest BCUT2D eigenvalue weighted by molar-refractivity contribution is 6.24. The van der Waals surface area contributed by atoms with Gasteiger partial charge in [-0.05, 0) is 6.42 Å². The Morgan fingerprint density at radius 3 is 1.60 bits per heavy atom. The zero-order valence-electron chi connectivity index (χ0n) is 7.94. The third kappa shape index (κ3) is 24.1. The smallest absolute Gasteiger partial charge is 0.158 e. The molecule has 0 atom stereocenters. The maximum atomic E-state index is 5.12. The summed E-state index contributed by atoms with van der Waals surface area (Å²) in [4.78, 5) is 0. The van der Waals surface area contributed by atoms with Gasteiger partial charge in [-0.1, -0.05) is 40.2 Å². The van der Waals surface area contributed by atoms with Crippen LogP contribution in [-0.2, 0) is 4.43 Å². The predicted molar refractivity (Wildman–Crippen MR) is 51.2 cm³/mol. The first-order valence-corrected chi connectivity index (χ1v) is 6.40. The molecule has 0 aromatic rings. The third-order valence-corrected chi connectivity index (χ3v) is 1.75. The lowest BCUT2D eigenvalue weighted by Crippen LogP contribution is -1.92. The Morgan fingerprint density at radius 1 is 1.00 bits per heavy atom. The Balaban J connectivity index is 0. The molecule has 0 rings (SSSR count). The lowest BCUT2D eigenvalue weighted by atomic mass is 10.4. The average Bonchev–Trinajstić information content (AvgIpc) is 2.01. The van der Waals surface area contributed by atoms with Crippen molar-refractivity contribution in [3.8, 4) is 0 Å². The van der Waals surface area contributed by atoms with Crippen LogP contribution in [0.3, 0.4) is 0 Å². The second-order valence-electron chi connectivity index (χ2n) is 2.20. The van der Waals surface area contributed by atoms with E-state index in [1.54, 1.807) is 0 Å². The SMILES string of the molecule is CCCC.CCCO[SiH2]C. The summed E-state index contributed by atoms with van der Waals surface area (Å²) < 4.78 is 5.12. The van der Waals surface area contributed by atoms with Crippen molar-refractivity contribution < 1.29 is 4.43 Å². The summed E-state index contributed by atoms with van der Waals surface area (Å²) in [5.74, 6) is 0. The molecule has 0 bridgehead atoms. The van der Waals surface area contributed by atoms with Gasteiger partial charge in [0.1, 0.15) is 0 Å². The maximum absolute atomic E-state index is 5.12. The van der Waals surface area contributed by atoms with Gasteiger partial charge in [0, 0.05) is 6.61 Å². The molecule has 0 radical (unpaired) electrons. The second-order valence-corrected chi connectivity index (χ2v) is 3.18. The van der Waals surface area contributed by atoms with Gasteiger partial charge in [0.2, 0.25) is 0 Å². The molecule has 0 unspecified atom stereocenters. The molecule has 64 valence electrons. The molecule has 0 aliphatic heterocycles. The molecule has 0 saturated heterocycles. The summed E-state index contributed by atoms with van der Waals surface area (Å²) in [6.07, 6.45) is 3.81. The molecule has 0 amide bonds. The van der Waals surface area contributed by atoms with Crippen LogP contribution in [0.2, 0.25) is 6.55 Å². The molecule has 0 aliphatic carbocycles. The minimum absolute atomic E-state index is 0.0970. The quantitative estimate of drug-likeness (QED) is 0.455. The summed E-state index contributed by atoms with van der Waals surface area (Å²) in [5.41, 5.74) is 0. The van der Waals surface area contributed by atoms with Crippen LogP contribution in [0.5, 0.6) is 0 Å². The van der Waals surface area contributed by atoms with Crippen molar-refractivity contribution in [2.75, 3.05) is 6.61 Å². The number of hydrogen-bond acceptors (Lipinski definition) is 1. The predicted octanol–water partition coefficient (Wildman–Crippen LogP) is 2.35. The summed E-state index contributed by atoms with van der Waals surface area (Å²) >= 11 is 0. The van der Waals surface area contributed by atoms with Crippen molar-refractivity contribution in [2.45, 2.75) is 46.6 Å². The molecule has 0 aromatic heterocycles. The van der Waals surface area contributed by atoms with Gasteiger partial charge in [0.05, 0.1) is 0 Å². The number of rotatable bonds is 4. The van der Waals surface area contributed by atoms with E-state index in [2.05, 4.69) is 27.3 Å². The molecule has 10 heavy (non-hydrogen) atoms. The second kappa shape index (κ2) is 16.1. The fraction of sp³-hybridized carbons (Fsp3) is 1.00. The summed E-state index contributed by atoms with van der Waals surface area (Å²) in [7, 11) is -0.0970. The van der Waals surface area contributed by atoms with Crippen LogP contribution in [0.4, 0.5) is 0 Å². The molecule has 2 heteroatoms. The molecule has 1 nitrogen and oxygen atoms in total. The molecule has 0 saturated carbocycles. The molecular formula is C8H22OSi. The molecule has 0 aromatic carbocycles. The zero-order chi connectivity index (χ0) is 8.24. The van der Waals surface area contributed by atoms with E-state index in [0.29, 0.717) is 0 Å². The van der Waals surface area contributed by atoms with Gasteiger partial charge in [0.25, 0.3) is 0 Å². The van der Waals surface area contributed by atoms with Crippen molar-refractivity contribution in [1.29, 1.82) is 0 Å². The summed E-state index contributed by atoms with van der Waals surface area (Å²) in [6.45, 7) is 9.61. The Labute approximate surface area is 68.1 Å². The van der Waals surface area contributed by atoms with E-state index in [1.807, 2.05) is 0 Å². The van der Waals surface area contributed by atoms with Crippen LogP contribution in [0.15, 0.2) is 0 Å². The lowest BCUT2D eigenvalue weighted by Gasteiger charge is -1.91. The largest absolute Gasteiger partial charge is 0.424 e. The molecule has 0 aliphatic rings. The lowest BCUT2D eigenvalue weighted by molar-refractivity contribution is 0.338. The fourth-order valence-corrected chi connectivity index (χ4v) is 0.866. The van der Waals surface area contributed by atoms with Gasteiger partial charge in [-0.2, -0.15) is 0 Å². The Kier molecular flexibility index (Phi) is 20.6.